The second kappa shape index (κ2) is 6.87. The van der Waals surface area contributed by atoms with Gasteiger partial charge in [0.25, 0.3) is 0 Å². The van der Waals surface area contributed by atoms with Gasteiger partial charge in [-0.1, -0.05) is 17.6 Å². The van der Waals surface area contributed by atoms with Gasteiger partial charge in [-0.25, -0.2) is 18.4 Å². The molecule has 1 aliphatic heterocycles. The van der Waals surface area contributed by atoms with Crippen molar-refractivity contribution < 1.29 is 34.5 Å². The first-order valence-electron chi connectivity index (χ1n) is 17.1. The Morgan fingerprint density at radius 2 is 2.04 bits per heavy atom. The summed E-state index contributed by atoms with van der Waals surface area (Å²) < 4.78 is 188. The summed E-state index contributed by atoms with van der Waals surface area (Å²) in [4.78, 5) is 5.71. The zero-order valence-electron chi connectivity index (χ0n) is 33.1. The lowest BCUT2D eigenvalue weighted by Crippen LogP contribution is -2.48. The van der Waals surface area contributed by atoms with Crippen LogP contribution in [0.2, 0.25) is 1.41 Å². The molecule has 6 nitrogen and oxygen atoms in total. The quantitative estimate of drug-likeness (QED) is 0.828. The van der Waals surface area contributed by atoms with Gasteiger partial charge in [-0.2, -0.15) is 4.31 Å². The highest BCUT2D eigenvalue weighted by Gasteiger charge is 2.49. The molecule has 1 aliphatic carbocycles. The fraction of sp³-hybridized carbons (Fsp3) is 0.500. The number of piperidine rings is 1. The summed E-state index contributed by atoms with van der Waals surface area (Å²) in [7, 11) is -6.34. The number of aromatic nitrogens is 2. The highest BCUT2D eigenvalue weighted by Crippen LogP contribution is 2.48. The Bertz CT molecular complexity index is 1720. The van der Waals surface area contributed by atoms with E-state index in [2.05, 4.69) is 9.97 Å². The fourth-order valence-corrected chi connectivity index (χ4v) is 3.26. The van der Waals surface area contributed by atoms with E-state index in [1.807, 2.05) is 0 Å². The van der Waals surface area contributed by atoms with Crippen molar-refractivity contribution in [1.29, 1.82) is 0 Å². The monoisotopic (exact) mass is 405 g/mol. The molecule has 4 rings (SSSR count). The summed E-state index contributed by atoms with van der Waals surface area (Å²) in [6.45, 7) is -8.23. The first-order valence-corrected chi connectivity index (χ1v) is 8.99. The van der Waals surface area contributed by atoms with Gasteiger partial charge in [0.2, 0.25) is 16.0 Å². The first kappa shape index (κ1) is 6.52. The lowest BCUT2D eigenvalue weighted by Gasteiger charge is -2.34. The van der Waals surface area contributed by atoms with Crippen LogP contribution in [0.5, 0.6) is 0 Å². The van der Waals surface area contributed by atoms with Gasteiger partial charge in [-0.3, -0.25) is 0 Å². The topological polar surface area (TPSA) is 75.2 Å². The number of hydrogen-bond acceptors (Lipinski definition) is 5. The normalized spacial score (nSPS) is 49.7. The SMILES string of the molecule is [2H]c1c(C)nc(N([2H])C([2H])([2H])[C@@]2([2H])N(S(=O)(=O)c3c([2H])c([2H])c(C([2H])[2H])c([2H])c3[2H])C([2H])([2H])[C@]3([2H])C([2H])([2H])[C@]3([2H])C2([2H])[2H])nc1C. The highest BCUT2D eigenvalue weighted by atomic mass is 32.2. The molecule has 0 radical (unpaired) electrons. The van der Waals surface area contributed by atoms with Crippen LogP contribution in [0.25, 0.3) is 0 Å². The maximum Gasteiger partial charge on any atom is 0.243 e. The summed E-state index contributed by atoms with van der Waals surface area (Å²) in [5, 5.41) is -0.433. The number of benzene rings is 1. The van der Waals surface area contributed by atoms with Crippen LogP contribution >= 0.6 is 0 Å². The van der Waals surface area contributed by atoms with Crippen LogP contribution in [0.15, 0.2) is 35.1 Å². The number of sulfonamides is 1. The van der Waals surface area contributed by atoms with E-state index in [0.29, 0.717) is 0 Å². The summed E-state index contributed by atoms with van der Waals surface area (Å²) in [6.07, 6.45) is -7.91. The van der Waals surface area contributed by atoms with E-state index in [-0.39, 0.29) is 17.4 Å². The van der Waals surface area contributed by atoms with Crippen LogP contribution in [0, 0.1) is 32.5 Å². The third kappa shape index (κ3) is 3.84. The van der Waals surface area contributed by atoms with Crippen molar-refractivity contribution in [3.05, 3.63) is 47.2 Å². The smallest absolute Gasteiger partial charge is 0.243 e. The van der Waals surface area contributed by atoms with Crippen molar-refractivity contribution in [1.82, 2.24) is 14.3 Å². The molecule has 1 aromatic heterocycles. The number of anilines is 1. The molecule has 7 heteroatoms. The molecule has 3 atom stereocenters. The Morgan fingerprint density at radius 3 is 2.70 bits per heavy atom. The molecular formula is C20H26N4O2S. The molecule has 1 saturated heterocycles. The molecule has 0 amide bonds. The van der Waals surface area contributed by atoms with E-state index in [1.54, 1.807) is 0 Å². The number of rotatable bonds is 5. The Balaban J connectivity index is 2.18. The molecule has 1 saturated carbocycles. The minimum Gasteiger partial charge on any atom is -0.353 e. The lowest BCUT2D eigenvalue weighted by molar-refractivity contribution is 0.251. The third-order valence-corrected chi connectivity index (χ3v) is 4.85. The molecule has 1 N–H and O–H groups in total. The van der Waals surface area contributed by atoms with Crippen molar-refractivity contribution in [3.8, 4) is 0 Å². The molecule has 2 fully saturated rings. The Kier molecular flexibility index (Phi) is 1.66. The maximum absolute atomic E-state index is 14.4. The fourth-order valence-electron chi connectivity index (χ4n) is 2.18. The third-order valence-electron chi connectivity index (χ3n) is 3.38. The largest absolute Gasteiger partial charge is 0.353 e. The molecule has 2 aliphatic rings. The summed E-state index contributed by atoms with van der Waals surface area (Å²) in [6, 6.07) is -10.4. The molecule has 0 bridgehead atoms. The second-order valence-corrected chi connectivity index (χ2v) is 7.24. The lowest BCUT2D eigenvalue weighted by atomic mass is 10.0. The van der Waals surface area contributed by atoms with Gasteiger partial charge < -0.3 is 5.31 Å². The Morgan fingerprint density at radius 1 is 1.33 bits per heavy atom. The standard InChI is InChI=1S/C20H26N4O2S/c1-13-4-6-19(7-5-13)27(25,26)24-12-17-9-16(17)10-18(24)11-21-20-22-14(2)8-15(3)23-20/h4-8,16-18H,9-12H2,1-3H3,(H,21,22,23)/t16-,17+,18+/m1/s1/i1D2,4D,5D,6D,7D,8D,9D2,10D2,11D2,12D2,16D,17D,18D/hD. The number of hydrogen-bond donors (Lipinski definition) is 1. The number of nitrogens with zero attached hydrogens (tertiary/aromatic N) is 3. The van der Waals surface area contributed by atoms with Crippen LogP contribution in [0.1, 0.15) is 54.4 Å². The van der Waals surface area contributed by atoms with E-state index in [1.165, 1.54) is 13.8 Å². The Hall–Kier alpha value is -1.99. The molecule has 2 heterocycles. The highest BCUT2D eigenvalue weighted by molar-refractivity contribution is 7.89. The number of aryl methyl sites for hydroxylation is 2. The van der Waals surface area contributed by atoms with Crippen molar-refractivity contribution in [2.45, 2.75) is 44.4 Å². The van der Waals surface area contributed by atoms with E-state index < -0.39 is 111 Å². The van der Waals surface area contributed by atoms with Crippen molar-refractivity contribution in [3.63, 3.8) is 0 Å². The van der Waals surface area contributed by atoms with Gasteiger partial charge in [0.15, 0.2) is 1.41 Å². The minimum absolute atomic E-state index is 0.160. The van der Waals surface area contributed by atoms with E-state index in [4.69, 9.17) is 24.7 Å². The summed E-state index contributed by atoms with van der Waals surface area (Å²) >= 11 is 0. The van der Waals surface area contributed by atoms with Crippen molar-refractivity contribution >= 4 is 16.0 Å². The van der Waals surface area contributed by atoms with Gasteiger partial charge in [0.1, 0.15) is 0 Å². The van der Waals surface area contributed by atoms with Gasteiger partial charge in [-0.05, 0) is 63.4 Å². The molecule has 144 valence electrons. The summed E-state index contributed by atoms with van der Waals surface area (Å²) in [5.41, 5.74) is -1.24. The van der Waals surface area contributed by atoms with Gasteiger partial charge in [0.05, 0.1) is 14.5 Å². The molecular weight excluding hydrogens is 360 g/mol. The van der Waals surface area contributed by atoms with E-state index in [0.717, 1.165) is 0 Å². The molecule has 1 aromatic carbocycles. The van der Waals surface area contributed by atoms with E-state index >= 15 is 0 Å². The molecule has 0 spiro atoms. The zero-order valence-corrected chi connectivity index (χ0v) is 14.9. The van der Waals surface area contributed by atoms with Gasteiger partial charge in [0, 0.05) is 45.5 Å². The van der Waals surface area contributed by atoms with Gasteiger partial charge >= 0.3 is 0 Å². The number of fused-ring (bicyclic) bond motifs is 1. The van der Waals surface area contributed by atoms with Crippen LogP contribution in [0.3, 0.4) is 0 Å². The second-order valence-electron chi connectivity index (χ2n) is 5.52. The van der Waals surface area contributed by atoms with Crippen LogP contribution in [-0.4, -0.2) is 41.7 Å². The molecule has 27 heavy (non-hydrogen) atoms. The summed E-state index contributed by atoms with van der Waals surface area (Å²) in [5.74, 6) is -8.49. The predicted molar refractivity (Wildman–Crippen MR) is 105 cm³/mol. The number of nitrogens with one attached hydrogen (secondary N) is 1. The van der Waals surface area contributed by atoms with Crippen LogP contribution in [0.4, 0.5) is 5.95 Å². The van der Waals surface area contributed by atoms with Gasteiger partial charge in [-0.15, -0.1) is 0 Å². The minimum atomic E-state index is -6.34. The maximum atomic E-state index is 14.4. The zero-order chi connectivity index (χ0) is 35.9. The van der Waals surface area contributed by atoms with Crippen molar-refractivity contribution in [2.24, 2.45) is 11.8 Å². The van der Waals surface area contributed by atoms with Crippen LogP contribution < -0.4 is 5.31 Å². The Labute approximate surface area is 187 Å². The average Bonchev–Trinajstić information content (AvgIpc) is 3.30. The van der Waals surface area contributed by atoms with Crippen molar-refractivity contribution in [2.75, 3.05) is 18.3 Å². The first-order chi connectivity index (χ1) is 20.4. The van der Waals surface area contributed by atoms with Crippen LogP contribution in [-0.2, 0) is 10.0 Å². The molecule has 0 unspecified atom stereocenters. The van der Waals surface area contributed by atoms with E-state index in [9.17, 15) is 9.79 Å². The predicted octanol–water partition coefficient (Wildman–Crippen LogP) is 2.91. The average molecular weight is 406 g/mol. The molecule has 2 aromatic rings.